The first-order valence-electron chi connectivity index (χ1n) is 9.81. The van der Waals surface area contributed by atoms with Gasteiger partial charge in [-0.3, -0.25) is 9.59 Å². The van der Waals surface area contributed by atoms with E-state index in [1.807, 2.05) is 64.1 Å². The molecule has 0 bridgehead atoms. The fourth-order valence-corrected chi connectivity index (χ4v) is 3.01. The molecular weight excluding hydrogens is 376 g/mol. The molecule has 0 fully saturated rings. The molecule has 30 heavy (non-hydrogen) atoms. The first-order valence-corrected chi connectivity index (χ1v) is 9.81. The second-order valence-corrected chi connectivity index (χ2v) is 7.31. The molecule has 0 unspecified atom stereocenters. The van der Waals surface area contributed by atoms with Gasteiger partial charge in [-0.15, -0.1) is 0 Å². The van der Waals surface area contributed by atoms with Crippen molar-refractivity contribution in [3.05, 3.63) is 88.5 Å². The van der Waals surface area contributed by atoms with Crippen molar-refractivity contribution in [1.29, 1.82) is 0 Å². The molecule has 0 spiro atoms. The first kappa shape index (κ1) is 21.1. The molecule has 0 radical (unpaired) electrons. The van der Waals surface area contributed by atoms with Gasteiger partial charge in [0.25, 0.3) is 11.8 Å². The number of amides is 2. The van der Waals surface area contributed by atoms with Gasteiger partial charge in [0.1, 0.15) is 5.75 Å². The third-order valence-electron chi connectivity index (χ3n) is 5.22. The highest BCUT2D eigenvalue weighted by Crippen LogP contribution is 2.20. The third-order valence-corrected chi connectivity index (χ3v) is 5.22. The van der Waals surface area contributed by atoms with Gasteiger partial charge in [0.2, 0.25) is 0 Å². The summed E-state index contributed by atoms with van der Waals surface area (Å²) in [6, 6.07) is 18.3. The highest BCUT2D eigenvalue weighted by Gasteiger charge is 2.10. The molecular formula is C25H26N2O3. The Labute approximate surface area is 177 Å². The van der Waals surface area contributed by atoms with Crippen LogP contribution in [0.4, 0.5) is 11.4 Å². The fourth-order valence-electron chi connectivity index (χ4n) is 3.01. The van der Waals surface area contributed by atoms with Crippen molar-refractivity contribution in [1.82, 2.24) is 0 Å². The Morgan fingerprint density at radius 2 is 1.27 bits per heavy atom. The smallest absolute Gasteiger partial charge is 0.262 e. The fraction of sp³-hybridized carbons (Fsp3) is 0.200. The van der Waals surface area contributed by atoms with Crippen LogP contribution in [0, 0.1) is 27.7 Å². The Morgan fingerprint density at radius 3 is 1.83 bits per heavy atom. The Balaban J connectivity index is 1.56. The Hall–Kier alpha value is -3.60. The van der Waals surface area contributed by atoms with Gasteiger partial charge in [0.05, 0.1) is 0 Å². The summed E-state index contributed by atoms with van der Waals surface area (Å²) in [7, 11) is 0. The number of hydrogen-bond donors (Lipinski definition) is 2. The SMILES string of the molecule is Cc1cccc(NC(=O)COc2ccc(C(=O)Nc3cccc(C)c3C)cc2)c1C. The van der Waals surface area contributed by atoms with Crippen LogP contribution in [-0.2, 0) is 4.79 Å². The van der Waals surface area contributed by atoms with E-state index < -0.39 is 0 Å². The summed E-state index contributed by atoms with van der Waals surface area (Å²) >= 11 is 0. The van der Waals surface area contributed by atoms with E-state index in [1.165, 1.54) is 0 Å². The number of hydrogen-bond acceptors (Lipinski definition) is 3. The monoisotopic (exact) mass is 402 g/mol. The van der Waals surface area contributed by atoms with E-state index in [0.29, 0.717) is 11.3 Å². The number of ether oxygens (including phenoxy) is 1. The molecule has 0 aliphatic heterocycles. The summed E-state index contributed by atoms with van der Waals surface area (Å²) < 4.78 is 5.55. The lowest BCUT2D eigenvalue weighted by molar-refractivity contribution is -0.118. The Bertz CT molecular complexity index is 1070. The molecule has 0 heterocycles. The molecule has 3 rings (SSSR count). The lowest BCUT2D eigenvalue weighted by Gasteiger charge is -2.12. The normalized spacial score (nSPS) is 10.4. The van der Waals surface area contributed by atoms with E-state index in [1.54, 1.807) is 24.3 Å². The van der Waals surface area contributed by atoms with Gasteiger partial charge in [-0.1, -0.05) is 24.3 Å². The van der Waals surface area contributed by atoms with Crippen LogP contribution in [0.15, 0.2) is 60.7 Å². The molecule has 3 aromatic carbocycles. The molecule has 0 aliphatic rings. The van der Waals surface area contributed by atoms with E-state index in [-0.39, 0.29) is 18.4 Å². The summed E-state index contributed by atoms with van der Waals surface area (Å²) in [6.07, 6.45) is 0. The minimum atomic E-state index is -0.236. The standard InChI is InChI=1S/C25H26N2O3/c1-16-7-5-9-22(18(16)3)26-24(28)15-30-21-13-11-20(12-14-21)25(29)27-23-10-6-8-17(2)19(23)4/h5-14H,15H2,1-4H3,(H,26,28)(H,27,29). The largest absolute Gasteiger partial charge is 0.484 e. The summed E-state index contributed by atoms with van der Waals surface area (Å²) in [5.41, 5.74) is 6.40. The van der Waals surface area contributed by atoms with Crippen molar-refractivity contribution in [3.63, 3.8) is 0 Å². The molecule has 5 heteroatoms. The van der Waals surface area contributed by atoms with Gasteiger partial charge in [-0.05, 0) is 86.3 Å². The van der Waals surface area contributed by atoms with Crippen molar-refractivity contribution in [3.8, 4) is 5.75 Å². The van der Waals surface area contributed by atoms with Crippen molar-refractivity contribution >= 4 is 23.2 Å². The number of anilines is 2. The Kier molecular flexibility index (Phi) is 6.52. The van der Waals surface area contributed by atoms with Gasteiger partial charge in [0, 0.05) is 16.9 Å². The lowest BCUT2D eigenvalue weighted by Crippen LogP contribution is -2.20. The molecule has 3 aromatic rings. The van der Waals surface area contributed by atoms with Gasteiger partial charge < -0.3 is 15.4 Å². The first-order chi connectivity index (χ1) is 14.3. The van der Waals surface area contributed by atoms with Crippen LogP contribution >= 0.6 is 0 Å². The van der Waals surface area contributed by atoms with Crippen molar-refractivity contribution < 1.29 is 14.3 Å². The van der Waals surface area contributed by atoms with Crippen LogP contribution in [0.25, 0.3) is 0 Å². The van der Waals surface area contributed by atoms with Crippen LogP contribution in [0.2, 0.25) is 0 Å². The van der Waals surface area contributed by atoms with Crippen LogP contribution in [0.5, 0.6) is 5.75 Å². The molecule has 2 amide bonds. The summed E-state index contributed by atoms with van der Waals surface area (Å²) in [4.78, 5) is 24.7. The molecule has 2 N–H and O–H groups in total. The quantitative estimate of drug-likeness (QED) is 0.596. The second-order valence-electron chi connectivity index (χ2n) is 7.31. The predicted octanol–water partition coefficient (Wildman–Crippen LogP) is 5.19. The minimum absolute atomic E-state index is 0.110. The van der Waals surface area contributed by atoms with Crippen LogP contribution in [0.1, 0.15) is 32.6 Å². The maximum absolute atomic E-state index is 12.5. The number of nitrogens with one attached hydrogen (secondary N) is 2. The topological polar surface area (TPSA) is 67.4 Å². The van der Waals surface area contributed by atoms with Gasteiger partial charge in [-0.2, -0.15) is 0 Å². The second kappa shape index (κ2) is 9.27. The number of carbonyl (C=O) groups excluding carboxylic acids is 2. The highest BCUT2D eigenvalue weighted by molar-refractivity contribution is 6.04. The summed E-state index contributed by atoms with van der Waals surface area (Å²) in [5.74, 6) is 0.0951. The lowest BCUT2D eigenvalue weighted by atomic mass is 10.1. The molecule has 0 aliphatic carbocycles. The number of carbonyl (C=O) groups is 2. The Morgan fingerprint density at radius 1 is 0.733 bits per heavy atom. The zero-order chi connectivity index (χ0) is 21.7. The van der Waals surface area contributed by atoms with E-state index in [2.05, 4.69) is 10.6 Å². The predicted molar refractivity (Wildman–Crippen MR) is 120 cm³/mol. The molecule has 0 aromatic heterocycles. The van der Waals surface area contributed by atoms with Crippen LogP contribution in [0.3, 0.4) is 0 Å². The van der Waals surface area contributed by atoms with Gasteiger partial charge in [0.15, 0.2) is 6.61 Å². The van der Waals surface area contributed by atoms with Gasteiger partial charge >= 0.3 is 0 Å². The van der Waals surface area contributed by atoms with E-state index in [9.17, 15) is 9.59 Å². The zero-order valence-electron chi connectivity index (χ0n) is 17.7. The molecule has 154 valence electrons. The van der Waals surface area contributed by atoms with Crippen LogP contribution < -0.4 is 15.4 Å². The minimum Gasteiger partial charge on any atom is -0.484 e. The van der Waals surface area contributed by atoms with E-state index in [4.69, 9.17) is 4.74 Å². The molecule has 0 atom stereocenters. The van der Waals surface area contributed by atoms with E-state index >= 15 is 0 Å². The molecule has 5 nitrogen and oxygen atoms in total. The van der Waals surface area contributed by atoms with Crippen molar-refractivity contribution in [2.24, 2.45) is 0 Å². The third kappa shape index (κ3) is 5.06. The summed E-state index contributed by atoms with van der Waals surface area (Å²) in [6.45, 7) is 7.84. The van der Waals surface area contributed by atoms with Crippen LogP contribution in [-0.4, -0.2) is 18.4 Å². The number of aryl methyl sites for hydroxylation is 2. The number of benzene rings is 3. The summed E-state index contributed by atoms with van der Waals surface area (Å²) in [5, 5.41) is 5.79. The van der Waals surface area contributed by atoms with Crippen molar-refractivity contribution in [2.75, 3.05) is 17.2 Å². The maximum Gasteiger partial charge on any atom is 0.262 e. The highest BCUT2D eigenvalue weighted by atomic mass is 16.5. The average Bonchev–Trinajstić information content (AvgIpc) is 2.73. The molecule has 0 saturated carbocycles. The van der Waals surface area contributed by atoms with Gasteiger partial charge in [-0.25, -0.2) is 0 Å². The zero-order valence-corrected chi connectivity index (χ0v) is 17.7. The van der Waals surface area contributed by atoms with Crippen molar-refractivity contribution in [2.45, 2.75) is 27.7 Å². The van der Waals surface area contributed by atoms with E-state index in [0.717, 1.165) is 33.6 Å². The average molecular weight is 402 g/mol. The number of rotatable bonds is 6. The maximum atomic E-state index is 12.5. The molecule has 0 saturated heterocycles.